The molecule has 0 spiro atoms. The lowest BCUT2D eigenvalue weighted by molar-refractivity contribution is -0.135. The number of piperidine rings is 1. The molecule has 0 radical (unpaired) electrons. The molecule has 23 heavy (non-hydrogen) atoms. The molecule has 0 aromatic carbocycles. The highest BCUT2D eigenvalue weighted by Gasteiger charge is 2.29. The van der Waals surface area contributed by atoms with Gasteiger partial charge in [0.15, 0.2) is 0 Å². The number of aryl methyl sites for hydroxylation is 1. The molecule has 7 nitrogen and oxygen atoms in total. The van der Waals surface area contributed by atoms with E-state index in [0.717, 1.165) is 25.2 Å². The zero-order chi connectivity index (χ0) is 16.2. The maximum absolute atomic E-state index is 12.7. The number of aromatic nitrogens is 3. The van der Waals surface area contributed by atoms with Crippen molar-refractivity contribution in [2.24, 2.45) is 7.05 Å². The van der Waals surface area contributed by atoms with Crippen LogP contribution in [0.4, 0.5) is 5.82 Å². The lowest BCUT2D eigenvalue weighted by Crippen LogP contribution is -2.47. The number of imidazole rings is 1. The monoisotopic (exact) mass is 310 g/mol. The van der Waals surface area contributed by atoms with Crippen LogP contribution in [-0.4, -0.2) is 37.9 Å². The Hall–Kier alpha value is -2.88. The molecule has 3 heterocycles. The van der Waals surface area contributed by atoms with Gasteiger partial charge in [-0.05, 0) is 25.0 Å². The van der Waals surface area contributed by atoms with E-state index in [1.807, 2.05) is 22.7 Å². The van der Waals surface area contributed by atoms with Crippen molar-refractivity contribution in [1.29, 1.82) is 5.26 Å². The largest absolute Gasteiger partial charge is 0.358 e. The first-order chi connectivity index (χ1) is 11.2. The second-order valence-electron chi connectivity index (χ2n) is 5.59. The maximum atomic E-state index is 12.7. The first kappa shape index (κ1) is 15.0. The van der Waals surface area contributed by atoms with Crippen molar-refractivity contribution in [3.8, 4) is 6.07 Å². The van der Waals surface area contributed by atoms with Gasteiger partial charge in [-0.15, -0.1) is 0 Å². The second-order valence-corrected chi connectivity index (χ2v) is 5.59. The lowest BCUT2D eigenvalue weighted by Gasteiger charge is -2.32. The standard InChI is InChI=1S/C16H18N6O/c1-21-8-6-19-15(21)11-22-7-2-3-13(16(22)23)20-14-9-12(10-17)4-5-18-14/h4-6,8-9,13H,2-3,7,11H2,1H3,(H,18,20). The molecule has 118 valence electrons. The quantitative estimate of drug-likeness (QED) is 0.919. The Labute approximate surface area is 134 Å². The summed E-state index contributed by atoms with van der Waals surface area (Å²) >= 11 is 0. The van der Waals surface area contributed by atoms with Crippen molar-refractivity contribution in [2.75, 3.05) is 11.9 Å². The summed E-state index contributed by atoms with van der Waals surface area (Å²) in [5.41, 5.74) is 0.524. The van der Waals surface area contributed by atoms with Gasteiger partial charge in [-0.1, -0.05) is 0 Å². The van der Waals surface area contributed by atoms with Crippen LogP contribution < -0.4 is 5.32 Å². The van der Waals surface area contributed by atoms with Crippen LogP contribution in [0.15, 0.2) is 30.7 Å². The summed E-state index contributed by atoms with van der Waals surface area (Å²) in [5.74, 6) is 1.47. The number of nitrogens with zero attached hydrogens (tertiary/aromatic N) is 5. The van der Waals surface area contributed by atoms with E-state index in [1.165, 1.54) is 0 Å². The summed E-state index contributed by atoms with van der Waals surface area (Å²) in [7, 11) is 1.92. The predicted molar refractivity (Wildman–Crippen MR) is 84.2 cm³/mol. The van der Waals surface area contributed by atoms with Crippen LogP contribution >= 0.6 is 0 Å². The van der Waals surface area contributed by atoms with Crippen LogP contribution in [0.5, 0.6) is 0 Å². The number of nitriles is 1. The number of hydrogen-bond donors (Lipinski definition) is 1. The van der Waals surface area contributed by atoms with Crippen LogP contribution in [0, 0.1) is 11.3 Å². The second kappa shape index (κ2) is 6.48. The fraction of sp³-hybridized carbons (Fsp3) is 0.375. The minimum Gasteiger partial charge on any atom is -0.358 e. The van der Waals surface area contributed by atoms with E-state index in [2.05, 4.69) is 21.4 Å². The van der Waals surface area contributed by atoms with E-state index in [-0.39, 0.29) is 11.9 Å². The molecular weight excluding hydrogens is 292 g/mol. The van der Waals surface area contributed by atoms with Crippen molar-refractivity contribution in [3.05, 3.63) is 42.1 Å². The number of pyridine rings is 1. The van der Waals surface area contributed by atoms with Crippen LogP contribution in [0.3, 0.4) is 0 Å². The van der Waals surface area contributed by atoms with Gasteiger partial charge in [-0.2, -0.15) is 5.26 Å². The molecule has 1 N–H and O–H groups in total. The molecule has 1 aliphatic rings. The Bertz CT molecular complexity index is 747. The van der Waals surface area contributed by atoms with Crippen LogP contribution in [0.25, 0.3) is 0 Å². The van der Waals surface area contributed by atoms with E-state index in [1.54, 1.807) is 24.5 Å². The number of rotatable bonds is 4. The summed E-state index contributed by atoms with van der Waals surface area (Å²) in [4.78, 5) is 22.9. The summed E-state index contributed by atoms with van der Waals surface area (Å²) in [6.07, 6.45) is 6.85. The van der Waals surface area contributed by atoms with E-state index < -0.39 is 0 Å². The summed E-state index contributed by atoms with van der Waals surface area (Å²) < 4.78 is 1.92. The van der Waals surface area contributed by atoms with Crippen LogP contribution in [-0.2, 0) is 18.4 Å². The van der Waals surface area contributed by atoms with E-state index in [9.17, 15) is 4.79 Å². The Morgan fingerprint density at radius 2 is 2.30 bits per heavy atom. The maximum Gasteiger partial charge on any atom is 0.245 e. The average molecular weight is 310 g/mol. The molecule has 2 aromatic heterocycles. The van der Waals surface area contributed by atoms with Gasteiger partial charge in [0.05, 0.1) is 18.2 Å². The van der Waals surface area contributed by atoms with Gasteiger partial charge >= 0.3 is 0 Å². The molecule has 1 amide bonds. The molecule has 7 heteroatoms. The van der Waals surface area contributed by atoms with Gasteiger partial charge in [0.1, 0.15) is 17.7 Å². The molecule has 3 rings (SSSR count). The summed E-state index contributed by atoms with van der Waals surface area (Å²) in [5, 5.41) is 12.1. The third kappa shape index (κ3) is 3.31. The first-order valence-electron chi connectivity index (χ1n) is 7.55. The molecule has 2 aromatic rings. The number of likely N-dealkylation sites (tertiary alicyclic amines) is 1. The number of anilines is 1. The minimum atomic E-state index is -0.314. The van der Waals surface area contributed by atoms with Crippen molar-refractivity contribution >= 4 is 11.7 Å². The van der Waals surface area contributed by atoms with Gasteiger partial charge in [0.25, 0.3) is 0 Å². The highest BCUT2D eigenvalue weighted by Crippen LogP contribution is 2.18. The zero-order valence-corrected chi connectivity index (χ0v) is 12.9. The molecule has 1 fully saturated rings. The topological polar surface area (TPSA) is 86.8 Å². The van der Waals surface area contributed by atoms with Crippen molar-refractivity contribution in [2.45, 2.75) is 25.4 Å². The van der Waals surface area contributed by atoms with Crippen molar-refractivity contribution in [1.82, 2.24) is 19.4 Å². The number of carbonyl (C=O) groups is 1. The third-order valence-corrected chi connectivity index (χ3v) is 3.99. The predicted octanol–water partition coefficient (Wildman–Crippen LogP) is 1.29. The minimum absolute atomic E-state index is 0.0448. The Morgan fingerprint density at radius 1 is 1.43 bits per heavy atom. The number of carbonyl (C=O) groups excluding carboxylic acids is 1. The van der Waals surface area contributed by atoms with E-state index >= 15 is 0 Å². The average Bonchev–Trinajstić information content (AvgIpc) is 2.96. The highest BCUT2D eigenvalue weighted by atomic mass is 16.2. The van der Waals surface area contributed by atoms with Crippen LogP contribution in [0.2, 0.25) is 0 Å². The molecule has 1 atom stereocenters. The Morgan fingerprint density at radius 3 is 3.04 bits per heavy atom. The smallest absolute Gasteiger partial charge is 0.245 e. The molecule has 1 unspecified atom stereocenters. The third-order valence-electron chi connectivity index (χ3n) is 3.99. The SMILES string of the molecule is Cn1ccnc1CN1CCCC(Nc2cc(C#N)ccn2)C1=O. The molecule has 0 aliphatic carbocycles. The highest BCUT2D eigenvalue weighted by molar-refractivity contribution is 5.85. The molecule has 1 aliphatic heterocycles. The van der Waals surface area contributed by atoms with Gasteiger partial charge < -0.3 is 14.8 Å². The van der Waals surface area contributed by atoms with Gasteiger partial charge in [-0.25, -0.2) is 9.97 Å². The Kier molecular flexibility index (Phi) is 4.24. The molecular formula is C16H18N6O. The van der Waals surface area contributed by atoms with Gasteiger partial charge in [0, 0.05) is 32.2 Å². The van der Waals surface area contributed by atoms with Gasteiger partial charge in [-0.3, -0.25) is 4.79 Å². The van der Waals surface area contributed by atoms with Crippen molar-refractivity contribution < 1.29 is 4.79 Å². The number of amides is 1. The normalized spacial score (nSPS) is 17.8. The van der Waals surface area contributed by atoms with E-state index in [4.69, 9.17) is 5.26 Å². The van der Waals surface area contributed by atoms with Crippen LogP contribution in [0.1, 0.15) is 24.2 Å². The fourth-order valence-electron chi connectivity index (χ4n) is 2.71. The molecule has 1 saturated heterocycles. The lowest BCUT2D eigenvalue weighted by atomic mass is 10.0. The van der Waals surface area contributed by atoms with E-state index in [0.29, 0.717) is 17.9 Å². The first-order valence-corrected chi connectivity index (χ1v) is 7.55. The summed E-state index contributed by atoms with van der Waals surface area (Å²) in [6.45, 7) is 1.24. The number of nitrogens with one attached hydrogen (secondary N) is 1. The summed E-state index contributed by atoms with van der Waals surface area (Å²) in [6, 6.07) is 5.06. The van der Waals surface area contributed by atoms with Crippen molar-refractivity contribution in [3.63, 3.8) is 0 Å². The number of hydrogen-bond acceptors (Lipinski definition) is 5. The Balaban J connectivity index is 1.69. The fourth-order valence-corrected chi connectivity index (χ4v) is 2.71. The van der Waals surface area contributed by atoms with Gasteiger partial charge in [0.2, 0.25) is 5.91 Å². The molecule has 0 bridgehead atoms. The zero-order valence-electron chi connectivity index (χ0n) is 12.9. The molecule has 0 saturated carbocycles.